The quantitative estimate of drug-likeness (QED) is 0.389. The van der Waals surface area contributed by atoms with Gasteiger partial charge >= 0.3 is 11.9 Å². The minimum absolute atomic E-state index is 0.0790. The summed E-state index contributed by atoms with van der Waals surface area (Å²) in [5.74, 6) is -0.679. The van der Waals surface area contributed by atoms with Gasteiger partial charge in [0.15, 0.2) is 0 Å². The maximum Gasteiger partial charge on any atom is 0.309 e. The normalized spacial score (nSPS) is 10.2. The molecule has 126 valence electrons. The van der Waals surface area contributed by atoms with Gasteiger partial charge < -0.3 is 14.2 Å². The fraction of sp³-hybridized carbons (Fsp3) is 0.467. The summed E-state index contributed by atoms with van der Waals surface area (Å²) in [4.78, 5) is 33.2. The van der Waals surface area contributed by atoms with Crippen LogP contribution in [0.25, 0.3) is 0 Å². The number of nitrogens with zero attached hydrogens (tertiary/aromatic N) is 1. The molecule has 0 aliphatic carbocycles. The highest BCUT2D eigenvalue weighted by Gasteiger charge is 2.21. The summed E-state index contributed by atoms with van der Waals surface area (Å²) < 4.78 is 15.2. The molecule has 23 heavy (non-hydrogen) atoms. The van der Waals surface area contributed by atoms with E-state index in [0.29, 0.717) is 5.75 Å². The zero-order valence-corrected chi connectivity index (χ0v) is 13.0. The molecular weight excluding hydrogens is 306 g/mol. The van der Waals surface area contributed by atoms with E-state index < -0.39 is 23.0 Å². The molecular formula is C15H19NO7. The number of rotatable bonds is 9. The first-order chi connectivity index (χ1) is 11.0. The van der Waals surface area contributed by atoms with Gasteiger partial charge in [-0.3, -0.25) is 19.7 Å². The predicted octanol–water partition coefficient (Wildman–Crippen LogP) is 2.25. The number of hydrogen-bond donors (Lipinski definition) is 0. The van der Waals surface area contributed by atoms with Crippen molar-refractivity contribution >= 4 is 17.6 Å². The van der Waals surface area contributed by atoms with Gasteiger partial charge in [0, 0.05) is 12.1 Å². The number of carbonyl (C=O) groups excluding carboxylic acids is 2. The van der Waals surface area contributed by atoms with Gasteiger partial charge in [-0.25, -0.2) is 0 Å². The van der Waals surface area contributed by atoms with Gasteiger partial charge in [-0.2, -0.15) is 0 Å². The lowest BCUT2D eigenvalue weighted by Crippen LogP contribution is -2.26. The largest absolute Gasteiger partial charge is 0.489 e. The van der Waals surface area contributed by atoms with Crippen molar-refractivity contribution in [3.63, 3.8) is 0 Å². The first-order valence-electron chi connectivity index (χ1n) is 7.18. The van der Waals surface area contributed by atoms with Gasteiger partial charge in [0.1, 0.15) is 11.9 Å². The van der Waals surface area contributed by atoms with Gasteiger partial charge in [0.05, 0.1) is 31.0 Å². The maximum absolute atomic E-state index is 11.6. The van der Waals surface area contributed by atoms with Gasteiger partial charge in [-0.05, 0) is 26.0 Å². The van der Waals surface area contributed by atoms with Crippen LogP contribution in [0.5, 0.6) is 5.75 Å². The fourth-order valence-corrected chi connectivity index (χ4v) is 1.81. The molecule has 0 heterocycles. The summed E-state index contributed by atoms with van der Waals surface area (Å²) in [6, 6.07) is 5.37. The molecule has 0 radical (unpaired) electrons. The fourth-order valence-electron chi connectivity index (χ4n) is 1.81. The molecule has 0 aliphatic heterocycles. The Morgan fingerprint density at radius 2 is 1.52 bits per heavy atom. The van der Waals surface area contributed by atoms with E-state index >= 15 is 0 Å². The third-order valence-electron chi connectivity index (χ3n) is 2.75. The summed E-state index contributed by atoms with van der Waals surface area (Å²) in [5, 5.41) is 10.6. The van der Waals surface area contributed by atoms with Crippen LogP contribution in [0.2, 0.25) is 0 Å². The molecule has 0 aliphatic rings. The lowest BCUT2D eigenvalue weighted by molar-refractivity contribution is -0.384. The molecule has 1 aromatic rings. The number of nitro benzene ring substituents is 1. The van der Waals surface area contributed by atoms with Gasteiger partial charge in [-0.1, -0.05) is 0 Å². The van der Waals surface area contributed by atoms with Crippen molar-refractivity contribution in [3.05, 3.63) is 34.4 Å². The van der Waals surface area contributed by atoms with Crippen molar-refractivity contribution in [1.29, 1.82) is 0 Å². The van der Waals surface area contributed by atoms with Crippen LogP contribution >= 0.6 is 0 Å². The Morgan fingerprint density at radius 1 is 1.04 bits per heavy atom. The SMILES string of the molecule is CCOC(=O)CC(CC(=O)OCC)Oc1ccc([N+](=O)[O-])cc1. The second-order valence-corrected chi connectivity index (χ2v) is 4.51. The van der Waals surface area contributed by atoms with Gasteiger partial charge in [-0.15, -0.1) is 0 Å². The van der Waals surface area contributed by atoms with Gasteiger partial charge in [0.25, 0.3) is 5.69 Å². The van der Waals surface area contributed by atoms with Crippen molar-refractivity contribution < 1.29 is 28.7 Å². The molecule has 8 heteroatoms. The Balaban J connectivity index is 2.75. The molecule has 1 rings (SSSR count). The molecule has 0 unspecified atom stereocenters. The Labute approximate surface area is 133 Å². The topological polar surface area (TPSA) is 105 Å². The van der Waals surface area contributed by atoms with Crippen molar-refractivity contribution in [3.8, 4) is 5.75 Å². The summed E-state index contributed by atoms with van der Waals surface area (Å²) >= 11 is 0. The molecule has 0 amide bonds. The molecule has 0 N–H and O–H groups in total. The number of benzene rings is 1. The van der Waals surface area contributed by atoms with Gasteiger partial charge in [0.2, 0.25) is 0 Å². The zero-order chi connectivity index (χ0) is 17.2. The van der Waals surface area contributed by atoms with E-state index in [2.05, 4.69) is 0 Å². The number of hydrogen-bond acceptors (Lipinski definition) is 7. The zero-order valence-electron chi connectivity index (χ0n) is 13.0. The van der Waals surface area contributed by atoms with Crippen LogP contribution in [0, 0.1) is 10.1 Å². The molecule has 0 atom stereocenters. The van der Waals surface area contributed by atoms with E-state index in [9.17, 15) is 19.7 Å². The van der Waals surface area contributed by atoms with Crippen LogP contribution < -0.4 is 4.74 Å². The first-order valence-corrected chi connectivity index (χ1v) is 7.18. The maximum atomic E-state index is 11.6. The monoisotopic (exact) mass is 325 g/mol. The van der Waals surface area contributed by atoms with E-state index in [1.165, 1.54) is 24.3 Å². The van der Waals surface area contributed by atoms with Crippen molar-refractivity contribution in [2.75, 3.05) is 13.2 Å². The molecule has 0 aromatic heterocycles. The molecule has 0 bridgehead atoms. The van der Waals surface area contributed by atoms with Crippen molar-refractivity contribution in [2.24, 2.45) is 0 Å². The average Bonchev–Trinajstić information content (AvgIpc) is 2.48. The Hall–Kier alpha value is -2.64. The standard InChI is InChI=1S/C15H19NO7/c1-3-21-14(17)9-13(10-15(18)22-4-2)23-12-7-5-11(6-8-12)16(19)20/h5-8,13H,3-4,9-10H2,1-2H3. The predicted molar refractivity (Wildman–Crippen MR) is 80.0 cm³/mol. The van der Waals surface area contributed by atoms with E-state index in [1.54, 1.807) is 13.8 Å². The van der Waals surface area contributed by atoms with Crippen LogP contribution in [-0.2, 0) is 19.1 Å². The van der Waals surface area contributed by atoms with Crippen LogP contribution in [0.15, 0.2) is 24.3 Å². The molecule has 0 spiro atoms. The lowest BCUT2D eigenvalue weighted by Gasteiger charge is -2.17. The van der Waals surface area contributed by atoms with E-state index in [0.717, 1.165) is 0 Å². The smallest absolute Gasteiger partial charge is 0.309 e. The Bertz CT molecular complexity index is 521. The minimum Gasteiger partial charge on any atom is -0.489 e. The number of esters is 2. The van der Waals surface area contributed by atoms with Crippen molar-refractivity contribution in [2.45, 2.75) is 32.8 Å². The summed E-state index contributed by atoms with van der Waals surface area (Å²) in [7, 11) is 0. The van der Waals surface area contributed by atoms with Crippen LogP contribution in [0.1, 0.15) is 26.7 Å². The van der Waals surface area contributed by atoms with E-state index in [-0.39, 0.29) is 31.7 Å². The number of non-ortho nitro benzene ring substituents is 1. The number of nitro groups is 1. The summed E-state index contributed by atoms with van der Waals surface area (Å²) in [6.07, 6.45) is -1.01. The second kappa shape index (κ2) is 9.39. The minimum atomic E-state index is -0.769. The van der Waals surface area contributed by atoms with E-state index in [4.69, 9.17) is 14.2 Å². The van der Waals surface area contributed by atoms with Crippen LogP contribution in [-0.4, -0.2) is 36.2 Å². The van der Waals surface area contributed by atoms with Crippen molar-refractivity contribution in [1.82, 2.24) is 0 Å². The molecule has 0 fully saturated rings. The Kier molecular flexibility index (Phi) is 7.52. The molecule has 8 nitrogen and oxygen atoms in total. The van der Waals surface area contributed by atoms with E-state index in [1.807, 2.05) is 0 Å². The van der Waals surface area contributed by atoms with Crippen LogP contribution in [0.3, 0.4) is 0 Å². The highest BCUT2D eigenvalue weighted by atomic mass is 16.6. The average molecular weight is 325 g/mol. The third-order valence-corrected chi connectivity index (χ3v) is 2.75. The number of ether oxygens (including phenoxy) is 3. The second-order valence-electron chi connectivity index (χ2n) is 4.51. The Morgan fingerprint density at radius 3 is 1.91 bits per heavy atom. The number of carbonyl (C=O) groups is 2. The van der Waals surface area contributed by atoms with Crippen LogP contribution in [0.4, 0.5) is 5.69 Å². The molecule has 0 saturated heterocycles. The highest BCUT2D eigenvalue weighted by Crippen LogP contribution is 2.20. The third kappa shape index (κ3) is 6.77. The highest BCUT2D eigenvalue weighted by molar-refractivity contribution is 5.73. The summed E-state index contributed by atoms with van der Waals surface area (Å²) in [5.41, 5.74) is -0.0790. The molecule has 1 aromatic carbocycles. The first kappa shape index (κ1) is 18.4. The molecule has 0 saturated carbocycles. The lowest BCUT2D eigenvalue weighted by atomic mass is 10.2. The summed E-state index contributed by atoms with van der Waals surface area (Å²) in [6.45, 7) is 3.80.